The van der Waals surface area contributed by atoms with Crippen molar-refractivity contribution < 1.29 is 44.9 Å². The van der Waals surface area contributed by atoms with Crippen LogP contribution in [0, 0.1) is 17.3 Å². The van der Waals surface area contributed by atoms with Gasteiger partial charge in [0.25, 0.3) is 0 Å². The van der Waals surface area contributed by atoms with Gasteiger partial charge in [-0.25, -0.2) is 4.79 Å². The number of hydrogen-bond donors (Lipinski definition) is 6. The van der Waals surface area contributed by atoms with E-state index in [0.717, 1.165) is 43.2 Å². The normalized spacial score (nSPS) is 44.5. The van der Waals surface area contributed by atoms with E-state index in [-0.39, 0.29) is 28.9 Å². The van der Waals surface area contributed by atoms with Crippen LogP contribution in [0.25, 0.3) is 0 Å². The van der Waals surface area contributed by atoms with Gasteiger partial charge in [-0.05, 0) is 73.3 Å². The van der Waals surface area contributed by atoms with Crippen molar-refractivity contribution in [1.82, 2.24) is 0 Å². The van der Waals surface area contributed by atoms with Gasteiger partial charge in [-0.1, -0.05) is 6.92 Å². The number of aryl methyl sites for hydroxylation is 1. The Labute approximate surface area is 191 Å². The molecule has 1 saturated heterocycles. The molecule has 0 aromatic heterocycles. The Kier molecular flexibility index (Phi) is 5.70. The fourth-order valence-electron chi connectivity index (χ4n) is 6.95. The molecular formula is C24H32O9. The minimum Gasteiger partial charge on any atom is -0.508 e. The van der Waals surface area contributed by atoms with Crippen LogP contribution in [0.3, 0.4) is 0 Å². The molecule has 2 saturated carbocycles. The Morgan fingerprint density at radius 3 is 2.55 bits per heavy atom. The molecule has 10 atom stereocenters. The molecule has 5 rings (SSSR count). The van der Waals surface area contributed by atoms with Gasteiger partial charge in [0.15, 0.2) is 12.4 Å². The zero-order valence-electron chi connectivity index (χ0n) is 18.5. The van der Waals surface area contributed by atoms with Gasteiger partial charge in [0.1, 0.15) is 29.8 Å². The van der Waals surface area contributed by atoms with Crippen LogP contribution in [0.5, 0.6) is 11.5 Å². The van der Waals surface area contributed by atoms with E-state index in [1.807, 2.05) is 0 Å². The highest BCUT2D eigenvalue weighted by atomic mass is 16.7. The maximum Gasteiger partial charge on any atom is 0.343 e. The topological polar surface area (TPSA) is 157 Å². The van der Waals surface area contributed by atoms with Gasteiger partial charge in [0.2, 0.25) is 0 Å². The highest BCUT2D eigenvalue weighted by molar-refractivity contribution is 5.79. The quantitative estimate of drug-likeness (QED) is 0.268. The van der Waals surface area contributed by atoms with Crippen LogP contribution in [0.1, 0.15) is 56.1 Å². The molecule has 9 nitrogen and oxygen atoms in total. The predicted molar refractivity (Wildman–Crippen MR) is 113 cm³/mol. The average Bonchev–Trinajstić information content (AvgIpc) is 3.08. The van der Waals surface area contributed by atoms with Crippen molar-refractivity contribution in [3.8, 4) is 11.5 Å². The summed E-state index contributed by atoms with van der Waals surface area (Å²) < 4.78 is 10.6. The van der Waals surface area contributed by atoms with Crippen molar-refractivity contribution in [3.05, 3.63) is 23.3 Å². The molecule has 33 heavy (non-hydrogen) atoms. The molecule has 1 aliphatic heterocycles. The van der Waals surface area contributed by atoms with Crippen LogP contribution in [0.4, 0.5) is 0 Å². The van der Waals surface area contributed by atoms with Gasteiger partial charge >= 0.3 is 5.97 Å². The summed E-state index contributed by atoms with van der Waals surface area (Å²) in [5.41, 5.74) is 1.65. The zero-order chi connectivity index (χ0) is 23.7. The number of rotatable bonds is 2. The zero-order valence-corrected chi connectivity index (χ0v) is 18.5. The number of aliphatic hydroxyl groups is 5. The summed E-state index contributed by atoms with van der Waals surface area (Å²) in [7, 11) is 0. The molecular weight excluding hydrogens is 432 g/mol. The molecule has 3 aliphatic carbocycles. The van der Waals surface area contributed by atoms with Crippen LogP contribution in [0.15, 0.2) is 12.1 Å². The number of aliphatic hydroxyl groups excluding tert-OH is 5. The number of fused-ring (bicyclic) bond motifs is 5. The summed E-state index contributed by atoms with van der Waals surface area (Å²) in [5, 5.41) is 60.4. The maximum absolute atomic E-state index is 12.9. The van der Waals surface area contributed by atoms with Crippen molar-refractivity contribution in [2.24, 2.45) is 17.3 Å². The number of hydrogen-bond acceptors (Lipinski definition) is 9. The van der Waals surface area contributed by atoms with Gasteiger partial charge in [0, 0.05) is 11.6 Å². The first-order chi connectivity index (χ1) is 15.6. The summed E-state index contributed by atoms with van der Waals surface area (Å²) in [5.74, 6) is -0.0990. The van der Waals surface area contributed by atoms with Crippen LogP contribution in [-0.2, 0) is 16.0 Å². The molecule has 4 aliphatic rings. The van der Waals surface area contributed by atoms with E-state index in [0.29, 0.717) is 18.3 Å². The third-order valence-electron chi connectivity index (χ3n) is 8.75. The number of phenolic OH excluding ortho intramolecular Hbond substituents is 1. The molecule has 1 aromatic carbocycles. The van der Waals surface area contributed by atoms with Gasteiger partial charge in [-0.2, -0.15) is 0 Å². The minimum atomic E-state index is -1.85. The Morgan fingerprint density at radius 2 is 1.79 bits per heavy atom. The first-order valence-electron chi connectivity index (χ1n) is 11.7. The lowest BCUT2D eigenvalue weighted by atomic mass is 9.55. The number of esters is 1. The maximum atomic E-state index is 12.9. The molecule has 3 fully saturated rings. The first kappa shape index (κ1) is 23.0. The molecule has 0 spiro atoms. The number of carbonyl (C=O) groups excluding carboxylic acids is 1. The molecule has 0 amide bonds. The minimum absolute atomic E-state index is 0.0486. The van der Waals surface area contributed by atoms with Crippen LogP contribution >= 0.6 is 0 Å². The standard InChI is InChI=1S/C24H32O9/c1-24-7-6-13-12(14(24)4-5-16(24)26)3-2-10-8-11(25)9-15(17(10)13)32-23(31)21-19(28)18(27)20(29)22(30)33-21/h8-9,12-14,16,18-22,25-30H,2-7H2,1H3/t12-,13-,14-,16-,18?,19?,20?,21?,22?,24-/m0/s1. The van der Waals surface area contributed by atoms with Crippen molar-refractivity contribution in [2.75, 3.05) is 0 Å². The number of phenols is 1. The van der Waals surface area contributed by atoms with Gasteiger partial charge < -0.3 is 40.1 Å². The van der Waals surface area contributed by atoms with E-state index in [9.17, 15) is 35.4 Å². The van der Waals surface area contributed by atoms with Crippen molar-refractivity contribution in [3.63, 3.8) is 0 Å². The van der Waals surface area contributed by atoms with Crippen LogP contribution < -0.4 is 4.74 Å². The third-order valence-corrected chi connectivity index (χ3v) is 8.75. The van der Waals surface area contributed by atoms with E-state index < -0.39 is 36.7 Å². The van der Waals surface area contributed by atoms with E-state index in [1.165, 1.54) is 6.07 Å². The number of carbonyl (C=O) groups is 1. The van der Waals surface area contributed by atoms with Gasteiger partial charge in [-0.15, -0.1) is 0 Å². The molecule has 0 radical (unpaired) electrons. The largest absolute Gasteiger partial charge is 0.508 e. The Morgan fingerprint density at radius 1 is 1.03 bits per heavy atom. The second-order valence-electron chi connectivity index (χ2n) is 10.4. The Hall–Kier alpha value is -1.75. The van der Waals surface area contributed by atoms with Gasteiger partial charge in [-0.3, -0.25) is 0 Å². The average molecular weight is 465 g/mol. The van der Waals surface area contributed by atoms with Crippen LogP contribution in [0.2, 0.25) is 0 Å². The van der Waals surface area contributed by atoms with Crippen LogP contribution in [-0.4, -0.2) is 73.4 Å². The van der Waals surface area contributed by atoms with E-state index in [4.69, 9.17) is 9.47 Å². The van der Waals surface area contributed by atoms with E-state index >= 15 is 0 Å². The summed E-state index contributed by atoms with van der Waals surface area (Å²) in [4.78, 5) is 12.9. The highest BCUT2D eigenvalue weighted by Crippen LogP contribution is 2.62. The highest BCUT2D eigenvalue weighted by Gasteiger charge is 2.55. The fourth-order valence-corrected chi connectivity index (χ4v) is 6.95. The van der Waals surface area contributed by atoms with Gasteiger partial charge in [0.05, 0.1) is 6.10 Å². The lowest BCUT2D eigenvalue weighted by molar-refractivity contribution is -0.279. The van der Waals surface area contributed by atoms with Crippen molar-refractivity contribution in [1.29, 1.82) is 0 Å². The summed E-state index contributed by atoms with van der Waals surface area (Å²) in [6.45, 7) is 2.17. The lowest BCUT2D eigenvalue weighted by Gasteiger charge is -2.50. The SMILES string of the molecule is C[C@]12CC[C@@H]3c4c(cc(O)cc4OC(=O)C4OC(O)C(O)C(O)C4O)CC[C@@H]3[C@@H]1CC[C@@H]2O. The predicted octanol–water partition coefficient (Wildman–Crippen LogP) is 0.314. The molecule has 5 unspecified atom stereocenters. The summed E-state index contributed by atoms with van der Waals surface area (Å²) in [6, 6.07) is 3.06. The monoisotopic (exact) mass is 464 g/mol. The molecule has 9 heteroatoms. The third kappa shape index (κ3) is 3.57. The smallest absolute Gasteiger partial charge is 0.343 e. The molecule has 0 bridgehead atoms. The summed E-state index contributed by atoms with van der Waals surface area (Å²) >= 11 is 0. The Bertz CT molecular complexity index is 935. The first-order valence-corrected chi connectivity index (χ1v) is 11.7. The molecule has 1 aromatic rings. The fraction of sp³-hybridized carbons (Fsp3) is 0.708. The van der Waals surface area contributed by atoms with E-state index in [2.05, 4.69) is 6.92 Å². The Balaban J connectivity index is 1.44. The number of aromatic hydroxyl groups is 1. The molecule has 1 heterocycles. The second-order valence-corrected chi connectivity index (χ2v) is 10.4. The molecule has 6 N–H and O–H groups in total. The second kappa shape index (κ2) is 8.18. The number of ether oxygens (including phenoxy) is 2. The lowest BCUT2D eigenvalue weighted by Crippen LogP contribution is -2.60. The molecule has 182 valence electrons. The summed E-state index contributed by atoms with van der Waals surface area (Å²) in [6.07, 6.45) is -4.10. The van der Waals surface area contributed by atoms with E-state index in [1.54, 1.807) is 6.07 Å². The number of benzene rings is 1. The van der Waals surface area contributed by atoms with Crippen molar-refractivity contribution >= 4 is 5.97 Å². The van der Waals surface area contributed by atoms with Crippen molar-refractivity contribution in [2.45, 2.75) is 88.2 Å².